The molecule has 0 bridgehead atoms. The zero-order valence-corrected chi connectivity index (χ0v) is 24.9. The van der Waals surface area contributed by atoms with Gasteiger partial charge in [0.25, 0.3) is 0 Å². The molecular weight excluding hydrogens is 540 g/mol. The summed E-state index contributed by atoms with van der Waals surface area (Å²) >= 11 is 0. The second-order valence-corrected chi connectivity index (χ2v) is 11.6. The van der Waals surface area contributed by atoms with E-state index in [9.17, 15) is 9.90 Å². The van der Waals surface area contributed by atoms with E-state index in [0.29, 0.717) is 45.7 Å². The van der Waals surface area contributed by atoms with E-state index in [4.69, 9.17) is 33.5 Å². The molecule has 1 aromatic rings. The maximum Gasteiger partial charge on any atom is 0.303 e. The lowest BCUT2D eigenvalue weighted by Gasteiger charge is -2.32. The lowest BCUT2D eigenvalue weighted by atomic mass is 9.98. The zero-order valence-electron chi connectivity index (χ0n) is 24.9. The maximum atomic E-state index is 11.1. The van der Waals surface area contributed by atoms with Crippen LogP contribution in [0.2, 0.25) is 0 Å². The van der Waals surface area contributed by atoms with Gasteiger partial charge in [-0.1, -0.05) is 36.8 Å². The Balaban J connectivity index is 1.36. The van der Waals surface area contributed by atoms with Crippen molar-refractivity contribution in [3.8, 4) is 5.75 Å². The molecule has 9 heteroatoms. The minimum absolute atomic E-state index is 0.122. The van der Waals surface area contributed by atoms with Gasteiger partial charge in [-0.2, -0.15) is 0 Å². The predicted molar refractivity (Wildman–Crippen MR) is 157 cm³/mol. The molecule has 7 atom stereocenters. The number of hydrogen-bond acceptors (Lipinski definition) is 8. The summed E-state index contributed by atoms with van der Waals surface area (Å²) in [5.74, 6) is -0.0928. The van der Waals surface area contributed by atoms with Crippen LogP contribution in [-0.4, -0.2) is 79.6 Å². The third kappa shape index (κ3) is 11.6. The Morgan fingerprint density at radius 3 is 2.43 bits per heavy atom. The number of carboxylic acids is 1. The van der Waals surface area contributed by atoms with E-state index in [1.807, 2.05) is 30.3 Å². The van der Waals surface area contributed by atoms with Crippen molar-refractivity contribution in [3.63, 3.8) is 0 Å². The molecule has 4 rings (SSSR count). The second-order valence-electron chi connectivity index (χ2n) is 11.6. The minimum Gasteiger partial charge on any atom is -0.491 e. The number of benzene rings is 1. The highest BCUT2D eigenvalue weighted by Crippen LogP contribution is 2.36. The Morgan fingerprint density at radius 1 is 0.952 bits per heavy atom. The van der Waals surface area contributed by atoms with Gasteiger partial charge in [-0.05, 0) is 76.3 Å². The summed E-state index contributed by atoms with van der Waals surface area (Å²) in [5.41, 5.74) is 0. The molecule has 0 spiro atoms. The number of rotatable bonds is 18. The monoisotopic (exact) mass is 590 g/mol. The molecule has 3 fully saturated rings. The van der Waals surface area contributed by atoms with E-state index >= 15 is 0 Å². The molecule has 7 unspecified atom stereocenters. The summed E-state index contributed by atoms with van der Waals surface area (Å²) in [6.45, 7) is 2.00. The fraction of sp³-hybridized carbons (Fsp3) is 0.727. The average Bonchev–Trinajstić information content (AvgIpc) is 3.30. The fourth-order valence-corrected chi connectivity index (χ4v) is 5.88. The summed E-state index contributed by atoms with van der Waals surface area (Å²) < 4.78 is 37.1. The summed E-state index contributed by atoms with van der Waals surface area (Å²) in [4.78, 5) is 10.7. The maximum absolute atomic E-state index is 11.1. The van der Waals surface area contributed by atoms with E-state index in [-0.39, 0.29) is 43.2 Å². The Kier molecular flexibility index (Phi) is 14.6. The molecule has 2 saturated heterocycles. The fourth-order valence-electron chi connectivity index (χ4n) is 5.88. The normalized spacial score (nSPS) is 29.1. The number of carboxylic acid groups (broad SMARTS) is 1. The van der Waals surface area contributed by atoms with E-state index < -0.39 is 12.1 Å². The van der Waals surface area contributed by atoms with E-state index in [1.165, 1.54) is 0 Å². The van der Waals surface area contributed by atoms with Gasteiger partial charge < -0.3 is 38.6 Å². The Labute approximate surface area is 250 Å². The number of carbonyl (C=O) groups is 1. The van der Waals surface area contributed by atoms with Gasteiger partial charge in [-0.15, -0.1) is 0 Å². The topological polar surface area (TPSA) is 113 Å². The molecule has 42 heavy (non-hydrogen) atoms. The van der Waals surface area contributed by atoms with Crippen LogP contribution in [0.1, 0.15) is 83.5 Å². The Bertz CT molecular complexity index is 898. The molecule has 2 heterocycles. The molecule has 9 nitrogen and oxygen atoms in total. The van der Waals surface area contributed by atoms with Crippen LogP contribution in [0.5, 0.6) is 5.75 Å². The molecule has 0 amide bonds. The van der Waals surface area contributed by atoms with Crippen LogP contribution in [0.15, 0.2) is 42.5 Å². The van der Waals surface area contributed by atoms with Crippen LogP contribution >= 0.6 is 0 Å². The van der Waals surface area contributed by atoms with Crippen LogP contribution in [-0.2, 0) is 28.5 Å². The number of aliphatic carboxylic acids is 1. The highest BCUT2D eigenvalue weighted by molar-refractivity contribution is 5.66. The lowest BCUT2D eigenvalue weighted by molar-refractivity contribution is -0.226. The third-order valence-electron chi connectivity index (χ3n) is 8.19. The van der Waals surface area contributed by atoms with Gasteiger partial charge in [0.2, 0.25) is 0 Å². The minimum atomic E-state index is -0.743. The zero-order chi connectivity index (χ0) is 29.4. The highest BCUT2D eigenvalue weighted by atomic mass is 16.7. The van der Waals surface area contributed by atoms with Crippen LogP contribution in [0.3, 0.4) is 0 Å². The van der Waals surface area contributed by atoms with E-state index in [1.54, 1.807) is 0 Å². The summed E-state index contributed by atoms with van der Waals surface area (Å²) in [7, 11) is 0. The quantitative estimate of drug-likeness (QED) is 0.166. The molecule has 0 radical (unpaired) electrons. The second kappa shape index (κ2) is 18.6. The van der Waals surface area contributed by atoms with E-state index in [2.05, 4.69) is 12.2 Å². The highest BCUT2D eigenvalue weighted by Gasteiger charge is 2.45. The standard InChI is InChI=1S/C33H50O9/c34-28-22-29(42-32-19-11-13-21-38-32)33(27(28)16-8-3-1-2-4-9-17-30(35)36)40-24-26(41-31-18-10-12-20-37-31)23-39-25-14-6-5-7-15-25/h3,5-8,14-15,26-29,31-34H,1-2,4,9-13,16-24H2,(H,35,36). The molecule has 1 saturated carbocycles. The molecular formula is C33H50O9. The van der Waals surface area contributed by atoms with Crippen molar-refractivity contribution in [2.24, 2.45) is 5.92 Å². The molecule has 3 aliphatic rings. The summed E-state index contributed by atoms with van der Waals surface area (Å²) in [6.07, 6.45) is 12.9. The number of ether oxygens (including phenoxy) is 6. The molecule has 2 N–H and O–H groups in total. The summed E-state index contributed by atoms with van der Waals surface area (Å²) in [6, 6.07) is 9.68. The first-order valence-electron chi connectivity index (χ1n) is 16.0. The van der Waals surface area contributed by atoms with Gasteiger partial charge in [-0.25, -0.2) is 0 Å². The summed E-state index contributed by atoms with van der Waals surface area (Å²) in [5, 5.41) is 19.9. The molecule has 1 aromatic carbocycles. The first-order chi connectivity index (χ1) is 20.6. The van der Waals surface area contributed by atoms with Gasteiger partial charge in [-0.3, -0.25) is 4.79 Å². The van der Waals surface area contributed by atoms with Gasteiger partial charge in [0, 0.05) is 32.0 Å². The van der Waals surface area contributed by atoms with Crippen LogP contribution in [0.25, 0.3) is 0 Å². The third-order valence-corrected chi connectivity index (χ3v) is 8.19. The Hall–Kier alpha value is -2.01. The number of para-hydroxylation sites is 1. The predicted octanol–water partition coefficient (Wildman–Crippen LogP) is 5.64. The van der Waals surface area contributed by atoms with Crippen molar-refractivity contribution in [3.05, 3.63) is 42.5 Å². The first kappa shape index (κ1) is 32.9. The van der Waals surface area contributed by atoms with Crippen molar-refractivity contribution in [1.82, 2.24) is 0 Å². The lowest BCUT2D eigenvalue weighted by Crippen LogP contribution is -2.40. The van der Waals surface area contributed by atoms with Crippen molar-refractivity contribution in [2.45, 2.75) is 120 Å². The number of allylic oxidation sites excluding steroid dienone is 2. The van der Waals surface area contributed by atoms with Gasteiger partial charge in [0.15, 0.2) is 12.6 Å². The largest absolute Gasteiger partial charge is 0.491 e. The van der Waals surface area contributed by atoms with Gasteiger partial charge in [0.1, 0.15) is 18.5 Å². The molecule has 236 valence electrons. The van der Waals surface area contributed by atoms with Crippen molar-refractivity contribution >= 4 is 5.97 Å². The Morgan fingerprint density at radius 2 is 1.71 bits per heavy atom. The van der Waals surface area contributed by atoms with Gasteiger partial charge >= 0.3 is 5.97 Å². The van der Waals surface area contributed by atoms with Crippen LogP contribution < -0.4 is 4.74 Å². The van der Waals surface area contributed by atoms with Crippen molar-refractivity contribution < 1.29 is 43.4 Å². The molecule has 1 aliphatic carbocycles. The SMILES string of the molecule is O=C(O)CCCCCC=CCC1C(O)CC(OC2CCCCO2)C1OCC(COc1ccccc1)OC1CCCCO1. The van der Waals surface area contributed by atoms with Crippen molar-refractivity contribution in [1.29, 1.82) is 0 Å². The number of unbranched alkanes of at least 4 members (excludes halogenated alkanes) is 3. The van der Waals surface area contributed by atoms with Crippen LogP contribution in [0, 0.1) is 5.92 Å². The van der Waals surface area contributed by atoms with E-state index in [0.717, 1.165) is 63.5 Å². The molecule has 2 aliphatic heterocycles. The first-order valence-corrected chi connectivity index (χ1v) is 16.0. The van der Waals surface area contributed by atoms with Gasteiger partial charge in [0.05, 0.1) is 24.9 Å². The van der Waals surface area contributed by atoms with Crippen LogP contribution in [0.4, 0.5) is 0 Å². The number of hydrogen-bond donors (Lipinski definition) is 2. The smallest absolute Gasteiger partial charge is 0.303 e. The molecule has 0 aromatic heterocycles. The van der Waals surface area contributed by atoms with Crippen molar-refractivity contribution in [2.75, 3.05) is 26.4 Å². The average molecular weight is 591 g/mol. The number of aliphatic hydroxyl groups is 1. The number of aliphatic hydroxyl groups excluding tert-OH is 1.